The number of ether oxygens (including phenoxy) is 1. The van der Waals surface area contributed by atoms with Gasteiger partial charge in [-0.2, -0.15) is 0 Å². The SMILES string of the molecule is O=C(Nc1ccc(OCc2ccccc2)cc1)C1CCCN(Cc2cccc(Br)c2)C1. The number of hydrogen-bond donors (Lipinski definition) is 1. The van der Waals surface area contributed by atoms with Gasteiger partial charge in [0.1, 0.15) is 12.4 Å². The van der Waals surface area contributed by atoms with Crippen LogP contribution >= 0.6 is 15.9 Å². The van der Waals surface area contributed by atoms with Gasteiger partial charge in [0.2, 0.25) is 5.91 Å². The Labute approximate surface area is 192 Å². The van der Waals surface area contributed by atoms with E-state index < -0.39 is 0 Å². The standard InChI is InChI=1S/C26H27BrN2O2/c27-23-10-4-8-21(16-23)17-29-15-5-9-22(18-29)26(30)28-24-11-13-25(14-12-24)31-19-20-6-2-1-3-7-20/h1-4,6-8,10-14,16,22H,5,9,15,17-19H2,(H,28,30). The fourth-order valence-electron chi connectivity index (χ4n) is 3.93. The molecule has 0 bridgehead atoms. The first kappa shape index (κ1) is 21.6. The van der Waals surface area contributed by atoms with Crippen molar-refractivity contribution in [1.82, 2.24) is 4.90 Å². The first-order chi connectivity index (χ1) is 15.2. The molecule has 31 heavy (non-hydrogen) atoms. The third-order valence-electron chi connectivity index (χ3n) is 5.54. The lowest BCUT2D eigenvalue weighted by atomic mass is 9.96. The minimum Gasteiger partial charge on any atom is -0.489 e. The van der Waals surface area contributed by atoms with Gasteiger partial charge in [0, 0.05) is 23.2 Å². The van der Waals surface area contributed by atoms with Crippen molar-refractivity contribution in [1.29, 1.82) is 0 Å². The van der Waals surface area contributed by atoms with E-state index >= 15 is 0 Å². The van der Waals surface area contributed by atoms with Gasteiger partial charge in [-0.15, -0.1) is 0 Å². The predicted molar refractivity (Wildman–Crippen MR) is 128 cm³/mol. The summed E-state index contributed by atoms with van der Waals surface area (Å²) in [5.74, 6) is 0.895. The highest BCUT2D eigenvalue weighted by Gasteiger charge is 2.25. The monoisotopic (exact) mass is 478 g/mol. The van der Waals surface area contributed by atoms with Crippen molar-refractivity contribution in [2.45, 2.75) is 26.0 Å². The van der Waals surface area contributed by atoms with Crippen molar-refractivity contribution in [3.63, 3.8) is 0 Å². The van der Waals surface area contributed by atoms with E-state index in [9.17, 15) is 4.79 Å². The van der Waals surface area contributed by atoms with E-state index in [1.165, 1.54) is 5.56 Å². The molecule has 1 unspecified atom stereocenters. The molecule has 3 aromatic rings. The average molecular weight is 479 g/mol. The molecule has 1 N–H and O–H groups in total. The summed E-state index contributed by atoms with van der Waals surface area (Å²) in [7, 11) is 0. The van der Waals surface area contributed by atoms with Gasteiger partial charge < -0.3 is 10.1 Å². The van der Waals surface area contributed by atoms with Crippen LogP contribution in [0.15, 0.2) is 83.3 Å². The number of carbonyl (C=O) groups excluding carboxylic acids is 1. The summed E-state index contributed by atoms with van der Waals surface area (Å²) < 4.78 is 6.91. The minimum absolute atomic E-state index is 0.00918. The largest absolute Gasteiger partial charge is 0.489 e. The minimum atomic E-state index is 0.00918. The van der Waals surface area contributed by atoms with Crippen LogP contribution in [0.5, 0.6) is 5.75 Å². The van der Waals surface area contributed by atoms with Crippen molar-refractivity contribution in [3.05, 3.63) is 94.5 Å². The number of carbonyl (C=O) groups is 1. The molecule has 1 heterocycles. The third kappa shape index (κ3) is 6.42. The van der Waals surface area contributed by atoms with Crippen LogP contribution < -0.4 is 10.1 Å². The van der Waals surface area contributed by atoms with E-state index in [4.69, 9.17) is 4.74 Å². The van der Waals surface area contributed by atoms with Gasteiger partial charge in [-0.3, -0.25) is 9.69 Å². The summed E-state index contributed by atoms with van der Waals surface area (Å²) in [6.45, 7) is 3.22. The van der Waals surface area contributed by atoms with Crippen LogP contribution in [0.3, 0.4) is 0 Å². The van der Waals surface area contributed by atoms with Gasteiger partial charge in [-0.25, -0.2) is 0 Å². The summed E-state index contributed by atoms with van der Waals surface area (Å²) in [6, 6.07) is 26.1. The van der Waals surface area contributed by atoms with E-state index in [1.54, 1.807) is 0 Å². The highest BCUT2D eigenvalue weighted by molar-refractivity contribution is 9.10. The number of nitrogens with one attached hydrogen (secondary N) is 1. The maximum atomic E-state index is 12.8. The molecule has 0 aromatic heterocycles. The molecule has 0 aliphatic carbocycles. The van der Waals surface area contributed by atoms with Crippen molar-refractivity contribution >= 4 is 27.5 Å². The summed E-state index contributed by atoms with van der Waals surface area (Å²) in [5, 5.41) is 3.08. The molecule has 5 heteroatoms. The molecule has 1 amide bonds. The number of anilines is 1. The van der Waals surface area contributed by atoms with E-state index in [1.807, 2.05) is 60.7 Å². The van der Waals surface area contributed by atoms with Gasteiger partial charge in [0.05, 0.1) is 5.92 Å². The molecule has 160 valence electrons. The lowest BCUT2D eigenvalue weighted by Crippen LogP contribution is -2.40. The maximum Gasteiger partial charge on any atom is 0.228 e. The van der Waals surface area contributed by atoms with Gasteiger partial charge >= 0.3 is 0 Å². The molecule has 1 aliphatic heterocycles. The third-order valence-corrected chi connectivity index (χ3v) is 6.03. The molecule has 1 fully saturated rings. The Morgan fingerprint density at radius 3 is 2.55 bits per heavy atom. The fraction of sp³-hybridized carbons (Fsp3) is 0.269. The van der Waals surface area contributed by atoms with Crippen LogP contribution in [0.2, 0.25) is 0 Å². The molecule has 4 nitrogen and oxygen atoms in total. The normalized spacial score (nSPS) is 16.6. The van der Waals surface area contributed by atoms with Crippen LogP contribution in [0.4, 0.5) is 5.69 Å². The Morgan fingerprint density at radius 1 is 1.00 bits per heavy atom. The van der Waals surface area contributed by atoms with Crippen molar-refractivity contribution in [3.8, 4) is 5.75 Å². The molecule has 4 rings (SSSR count). The number of benzene rings is 3. The lowest BCUT2D eigenvalue weighted by molar-refractivity contribution is -0.121. The van der Waals surface area contributed by atoms with Crippen LogP contribution in [-0.4, -0.2) is 23.9 Å². The van der Waals surface area contributed by atoms with Gasteiger partial charge in [0.25, 0.3) is 0 Å². The van der Waals surface area contributed by atoms with E-state index in [0.29, 0.717) is 6.61 Å². The van der Waals surface area contributed by atoms with Crippen LogP contribution in [0, 0.1) is 5.92 Å². The first-order valence-corrected chi connectivity index (χ1v) is 11.5. The summed E-state index contributed by atoms with van der Waals surface area (Å²) in [4.78, 5) is 15.2. The molecule has 1 aliphatic rings. The van der Waals surface area contributed by atoms with Crippen molar-refractivity contribution in [2.75, 3.05) is 18.4 Å². The number of piperidine rings is 1. The summed E-state index contributed by atoms with van der Waals surface area (Å²) >= 11 is 3.53. The zero-order valence-corrected chi connectivity index (χ0v) is 19.1. The molecule has 1 saturated heterocycles. The number of rotatable bonds is 7. The number of halogens is 1. The van der Waals surface area contributed by atoms with Crippen LogP contribution in [-0.2, 0) is 17.9 Å². The average Bonchev–Trinajstić information content (AvgIpc) is 2.79. The van der Waals surface area contributed by atoms with Gasteiger partial charge in [0.15, 0.2) is 0 Å². The number of hydrogen-bond acceptors (Lipinski definition) is 3. The molecule has 0 spiro atoms. The highest BCUT2D eigenvalue weighted by Crippen LogP contribution is 2.23. The Balaban J connectivity index is 1.28. The molecule has 1 atom stereocenters. The Hall–Kier alpha value is -2.63. The quantitative estimate of drug-likeness (QED) is 0.460. The lowest BCUT2D eigenvalue weighted by Gasteiger charge is -2.32. The molecule has 0 radical (unpaired) electrons. The van der Waals surface area contributed by atoms with Crippen LogP contribution in [0.1, 0.15) is 24.0 Å². The molecular weight excluding hydrogens is 452 g/mol. The zero-order valence-electron chi connectivity index (χ0n) is 17.5. The zero-order chi connectivity index (χ0) is 21.5. The number of nitrogens with zero attached hydrogens (tertiary/aromatic N) is 1. The Morgan fingerprint density at radius 2 is 1.77 bits per heavy atom. The van der Waals surface area contributed by atoms with E-state index in [0.717, 1.165) is 53.9 Å². The second-order valence-corrected chi connectivity index (χ2v) is 8.91. The van der Waals surface area contributed by atoms with E-state index in [-0.39, 0.29) is 11.8 Å². The molecule has 0 saturated carbocycles. The highest BCUT2D eigenvalue weighted by atomic mass is 79.9. The first-order valence-electron chi connectivity index (χ1n) is 10.7. The fourth-order valence-corrected chi connectivity index (χ4v) is 4.37. The summed E-state index contributed by atoms with van der Waals surface area (Å²) in [5.41, 5.74) is 3.20. The molecular formula is C26H27BrN2O2. The Kier molecular flexibility index (Phi) is 7.39. The second-order valence-electron chi connectivity index (χ2n) is 7.99. The van der Waals surface area contributed by atoms with Crippen molar-refractivity contribution in [2.24, 2.45) is 5.92 Å². The van der Waals surface area contributed by atoms with Crippen LogP contribution in [0.25, 0.3) is 0 Å². The number of likely N-dealkylation sites (tertiary alicyclic amines) is 1. The Bertz CT molecular complexity index is 992. The maximum absolute atomic E-state index is 12.8. The molecule has 3 aromatic carbocycles. The number of amides is 1. The van der Waals surface area contributed by atoms with Gasteiger partial charge in [-0.05, 0) is 66.9 Å². The topological polar surface area (TPSA) is 41.6 Å². The van der Waals surface area contributed by atoms with Crippen molar-refractivity contribution < 1.29 is 9.53 Å². The second kappa shape index (κ2) is 10.6. The predicted octanol–water partition coefficient (Wildman–Crippen LogP) is 5.88. The smallest absolute Gasteiger partial charge is 0.228 e. The van der Waals surface area contributed by atoms with E-state index in [2.05, 4.69) is 44.3 Å². The van der Waals surface area contributed by atoms with Gasteiger partial charge in [-0.1, -0.05) is 58.4 Å². The summed E-state index contributed by atoms with van der Waals surface area (Å²) in [6.07, 6.45) is 1.97.